The van der Waals surface area contributed by atoms with Gasteiger partial charge in [0.15, 0.2) is 5.78 Å². The summed E-state index contributed by atoms with van der Waals surface area (Å²) in [5.41, 5.74) is 3.57. The van der Waals surface area contributed by atoms with Crippen LogP contribution in [0.2, 0.25) is 0 Å². The first-order valence-electron chi connectivity index (χ1n) is 17.6. The minimum absolute atomic E-state index is 0.111. The van der Waals surface area contributed by atoms with E-state index in [2.05, 4.69) is 5.73 Å². The summed E-state index contributed by atoms with van der Waals surface area (Å²) in [6, 6.07) is 0. The van der Waals surface area contributed by atoms with Gasteiger partial charge >= 0.3 is 5.97 Å². The van der Waals surface area contributed by atoms with Crippen LogP contribution in [0.5, 0.6) is 0 Å². The number of esters is 1. The predicted molar refractivity (Wildman–Crippen MR) is 200 cm³/mol. The zero-order valence-corrected chi connectivity index (χ0v) is 32.3. The van der Waals surface area contributed by atoms with Gasteiger partial charge in [-0.1, -0.05) is 75.8 Å². The maximum absolute atomic E-state index is 13.2. The Labute approximate surface area is 303 Å². The number of ether oxygens (including phenoxy) is 2. The number of nitro groups is 1. The highest BCUT2D eigenvalue weighted by Gasteiger charge is 2.76. The van der Waals surface area contributed by atoms with Crippen molar-refractivity contribution in [3.8, 4) is 0 Å². The third-order valence-electron chi connectivity index (χ3n) is 10.4. The number of carbonyl (C=O) groups is 2. The average Bonchev–Trinajstić information content (AvgIpc) is 3.57. The van der Waals surface area contributed by atoms with Gasteiger partial charge in [-0.2, -0.15) is 0 Å². The van der Waals surface area contributed by atoms with Crippen molar-refractivity contribution in [2.75, 3.05) is 0 Å². The zero-order valence-electron chi connectivity index (χ0n) is 32.3. The average molecular weight is 704 g/mol. The summed E-state index contributed by atoms with van der Waals surface area (Å²) in [5, 5.41) is 33.3. The van der Waals surface area contributed by atoms with E-state index in [-0.39, 0.29) is 35.5 Å². The lowest BCUT2D eigenvalue weighted by Gasteiger charge is -2.44. The maximum atomic E-state index is 13.2. The van der Waals surface area contributed by atoms with E-state index in [4.69, 9.17) is 9.47 Å². The van der Waals surface area contributed by atoms with Gasteiger partial charge in [-0.25, -0.2) is 0 Å². The monoisotopic (exact) mass is 703 g/mol. The lowest BCUT2D eigenvalue weighted by Crippen LogP contribution is -2.48. The number of aliphatic hydroxyl groups excluding tert-OH is 1. The van der Waals surface area contributed by atoms with Crippen molar-refractivity contribution in [2.45, 2.75) is 137 Å². The van der Waals surface area contributed by atoms with E-state index in [9.17, 15) is 29.9 Å². The topological polar surface area (TPSA) is 140 Å². The molecule has 3 aliphatic rings. The number of hydrogen-bond acceptors (Lipinski definition) is 8. The summed E-state index contributed by atoms with van der Waals surface area (Å²) in [6.45, 7) is 20.3. The van der Waals surface area contributed by atoms with Gasteiger partial charge in [0, 0.05) is 43.9 Å². The molecule has 0 radical (unpaired) electrons. The summed E-state index contributed by atoms with van der Waals surface area (Å²) in [4.78, 5) is 36.1. The quantitative estimate of drug-likeness (QED) is 0.0394. The number of rotatable bonds is 12. The van der Waals surface area contributed by atoms with Crippen LogP contribution < -0.4 is 0 Å². The van der Waals surface area contributed by atoms with Crippen LogP contribution in [0.25, 0.3) is 0 Å². The second-order valence-corrected chi connectivity index (χ2v) is 16.3. The fourth-order valence-electron chi connectivity index (χ4n) is 8.00. The molecule has 2 saturated carbocycles. The molecule has 2 aliphatic carbocycles. The zero-order chi connectivity index (χ0) is 38.6. The Balaban J connectivity index is 1.64. The van der Waals surface area contributed by atoms with Crippen LogP contribution in [-0.4, -0.2) is 55.9 Å². The number of carbonyl (C=O) groups excluding carboxylic acids is 2. The maximum Gasteiger partial charge on any atom is 0.302 e. The van der Waals surface area contributed by atoms with Gasteiger partial charge in [0.2, 0.25) is 0 Å². The third-order valence-corrected chi connectivity index (χ3v) is 10.4. The van der Waals surface area contributed by atoms with Crippen molar-refractivity contribution >= 4 is 11.8 Å². The molecule has 5 atom stereocenters. The summed E-state index contributed by atoms with van der Waals surface area (Å²) >= 11 is 0. The molecule has 278 valence electrons. The lowest BCUT2D eigenvalue weighted by molar-refractivity contribution is -0.419. The predicted octanol–water partition coefficient (Wildman–Crippen LogP) is 8.30. The Bertz CT molecular complexity index is 1670. The number of aliphatic hydroxyl groups is 2. The van der Waals surface area contributed by atoms with Crippen molar-refractivity contribution in [1.29, 1.82) is 0 Å². The van der Waals surface area contributed by atoms with E-state index in [1.807, 2.05) is 84.9 Å². The number of nitrogens with zero attached hydrogens (tertiary/aromatic N) is 1. The molecular weight excluding hydrogens is 646 g/mol. The lowest BCUT2D eigenvalue weighted by atomic mass is 9.61. The van der Waals surface area contributed by atoms with E-state index >= 15 is 0 Å². The second-order valence-electron chi connectivity index (χ2n) is 16.3. The highest BCUT2D eigenvalue weighted by atomic mass is 16.6. The Morgan fingerprint density at radius 1 is 0.902 bits per heavy atom. The van der Waals surface area contributed by atoms with Gasteiger partial charge < -0.3 is 19.7 Å². The number of Topliss-reactive ketones (excluding diaryl/α,β-unsaturated/α-hetero) is 1. The van der Waals surface area contributed by atoms with Gasteiger partial charge in [0.25, 0.3) is 5.70 Å². The number of ketones is 1. The minimum atomic E-state index is -1.14. The van der Waals surface area contributed by atoms with E-state index in [1.165, 1.54) is 19.1 Å². The molecule has 0 bridgehead atoms. The highest BCUT2D eigenvalue weighted by molar-refractivity contribution is 5.96. The molecule has 1 heterocycles. The van der Waals surface area contributed by atoms with Crippen LogP contribution in [0.15, 0.2) is 100 Å². The summed E-state index contributed by atoms with van der Waals surface area (Å²) in [7, 11) is 0. The van der Waals surface area contributed by atoms with Crippen molar-refractivity contribution in [3.63, 3.8) is 0 Å². The Morgan fingerprint density at radius 3 is 2.08 bits per heavy atom. The van der Waals surface area contributed by atoms with Gasteiger partial charge in [-0.15, -0.1) is 5.73 Å². The molecule has 1 aliphatic heterocycles. The van der Waals surface area contributed by atoms with Gasteiger partial charge in [0.05, 0.1) is 22.2 Å². The van der Waals surface area contributed by atoms with E-state index in [0.717, 1.165) is 16.7 Å². The second kappa shape index (κ2) is 15.8. The molecule has 2 N–H and O–H groups in total. The van der Waals surface area contributed by atoms with Crippen LogP contribution in [0.4, 0.5) is 0 Å². The molecule has 51 heavy (non-hydrogen) atoms. The molecule has 9 heteroatoms. The van der Waals surface area contributed by atoms with Crippen molar-refractivity contribution in [1.82, 2.24) is 0 Å². The normalized spacial score (nSPS) is 31.3. The molecular formula is C42H57NO8. The molecule has 0 spiro atoms. The Hall–Kier alpha value is -3.88. The summed E-state index contributed by atoms with van der Waals surface area (Å²) in [5.74, 6) is -0.555. The SMILES string of the molecule is CC(=O)O[C@H]1CC(C)(C)C(=C=C/C(C)=C/C=C\C(C)=C\C=C\C=C(C)\C=C(\C=C(/C)C(=O)C[C@@]23O[C@]2(C)C[C@@H](O)CC3(C)C)[N+](=O)[O-])[C@](C)(O)C1. The first kappa shape index (κ1) is 41.5. The van der Waals surface area contributed by atoms with Crippen LogP contribution in [0.1, 0.15) is 108 Å². The number of allylic oxidation sites excluding steroid dienone is 13. The first-order chi connectivity index (χ1) is 23.4. The molecule has 9 nitrogen and oxygen atoms in total. The molecule has 3 fully saturated rings. The standard InChI is InChI=1S/C42H57NO8/c1-28(17-14-18-29(2)19-20-37-38(6,7)25-35(50-32(5)44)26-40(37,10)47)15-12-13-16-30(3)21-33(43(48)49)22-31(4)36(46)27-42-39(8,9)23-34(45)24-41(42,11)51-42/h12-19,21-22,34-35,45,47H,23-27H2,1-11H3/b13-12+,17-14-,28-15+,29-18+,30-16+,31-22+,33-21-/t20?,34-,35-,40+,41+,42-/m0/s1. The van der Waals surface area contributed by atoms with Crippen molar-refractivity contribution < 1.29 is 34.2 Å². The third kappa shape index (κ3) is 10.4. The van der Waals surface area contributed by atoms with E-state index in [0.29, 0.717) is 31.3 Å². The molecule has 0 aromatic rings. The Morgan fingerprint density at radius 2 is 1.51 bits per heavy atom. The molecule has 0 aromatic carbocycles. The van der Waals surface area contributed by atoms with Crippen molar-refractivity contribution in [2.24, 2.45) is 10.8 Å². The van der Waals surface area contributed by atoms with Gasteiger partial charge in [-0.05, 0) is 88.0 Å². The van der Waals surface area contributed by atoms with Gasteiger partial charge in [0.1, 0.15) is 11.7 Å². The fourth-order valence-corrected chi connectivity index (χ4v) is 8.00. The van der Waals surface area contributed by atoms with Crippen LogP contribution >= 0.6 is 0 Å². The van der Waals surface area contributed by atoms with Crippen LogP contribution in [0.3, 0.4) is 0 Å². The molecule has 0 unspecified atom stereocenters. The molecule has 0 aromatic heterocycles. The smallest absolute Gasteiger partial charge is 0.302 e. The van der Waals surface area contributed by atoms with Crippen LogP contribution in [0, 0.1) is 20.9 Å². The van der Waals surface area contributed by atoms with E-state index in [1.54, 1.807) is 32.9 Å². The highest BCUT2D eigenvalue weighted by Crippen LogP contribution is 2.67. The largest absolute Gasteiger partial charge is 0.462 e. The first-order valence-corrected chi connectivity index (χ1v) is 17.6. The minimum Gasteiger partial charge on any atom is -0.462 e. The molecule has 1 saturated heterocycles. The molecule has 0 amide bonds. The number of hydrogen-bond donors (Lipinski definition) is 2. The van der Waals surface area contributed by atoms with E-state index < -0.39 is 38.7 Å². The Kier molecular flexibility index (Phi) is 12.9. The number of epoxide rings is 1. The fraction of sp³-hybridized carbons (Fsp3) is 0.548. The summed E-state index contributed by atoms with van der Waals surface area (Å²) < 4.78 is 11.5. The molecule has 3 rings (SSSR count). The van der Waals surface area contributed by atoms with Gasteiger partial charge in [-0.3, -0.25) is 19.7 Å². The number of fused-ring (bicyclic) bond motifs is 1. The summed E-state index contributed by atoms with van der Waals surface area (Å²) in [6.07, 6.45) is 19.0. The van der Waals surface area contributed by atoms with Crippen LogP contribution in [-0.2, 0) is 19.1 Å². The van der Waals surface area contributed by atoms with Crippen molar-refractivity contribution in [3.05, 3.63) is 110 Å².